The molecular weight excluding hydrogens is 192 g/mol. The van der Waals surface area contributed by atoms with Crippen LogP contribution in [-0.4, -0.2) is 27.2 Å². The quantitative estimate of drug-likeness (QED) is 0.798. The summed E-state index contributed by atoms with van der Waals surface area (Å²) in [6.45, 7) is 0.785. The van der Waals surface area contributed by atoms with E-state index in [1.165, 1.54) is 19.3 Å². The Labute approximate surface area is 88.6 Å². The van der Waals surface area contributed by atoms with Crippen molar-refractivity contribution in [3.05, 3.63) is 6.20 Å². The molecule has 5 nitrogen and oxygen atoms in total. The molecule has 82 valence electrons. The van der Waals surface area contributed by atoms with Crippen LogP contribution in [0.25, 0.3) is 0 Å². The molecule has 0 bridgehead atoms. The molecule has 15 heavy (non-hydrogen) atoms. The van der Waals surface area contributed by atoms with Gasteiger partial charge in [-0.2, -0.15) is 0 Å². The highest BCUT2D eigenvalue weighted by Crippen LogP contribution is 2.40. The second-order valence-electron chi connectivity index (χ2n) is 4.58. The second-order valence-corrected chi connectivity index (χ2v) is 4.58. The van der Waals surface area contributed by atoms with Crippen molar-refractivity contribution in [2.45, 2.75) is 44.4 Å². The zero-order valence-electron chi connectivity index (χ0n) is 8.67. The molecule has 2 heterocycles. The molecule has 2 atom stereocenters. The highest BCUT2D eigenvalue weighted by molar-refractivity contribution is 5.19. The summed E-state index contributed by atoms with van der Waals surface area (Å²) in [5, 5.41) is 7.69. The van der Waals surface area contributed by atoms with Gasteiger partial charge in [0.05, 0.1) is 24.9 Å². The molecule has 1 saturated carbocycles. The first-order chi connectivity index (χ1) is 7.31. The normalized spacial score (nSPS) is 30.9. The van der Waals surface area contributed by atoms with Crippen molar-refractivity contribution in [3.63, 3.8) is 0 Å². The van der Waals surface area contributed by atoms with E-state index in [1.54, 1.807) is 10.9 Å². The van der Waals surface area contributed by atoms with Gasteiger partial charge < -0.3 is 10.5 Å². The molecule has 5 heteroatoms. The lowest BCUT2D eigenvalue weighted by molar-refractivity contribution is 0.0222. The van der Waals surface area contributed by atoms with Crippen LogP contribution in [0.5, 0.6) is 0 Å². The molecule has 2 aliphatic rings. The first kappa shape index (κ1) is 9.15. The maximum absolute atomic E-state index is 5.97. The van der Waals surface area contributed by atoms with Crippen LogP contribution < -0.4 is 5.73 Å². The van der Waals surface area contributed by atoms with Gasteiger partial charge in [-0.1, -0.05) is 5.21 Å². The largest absolute Gasteiger partial charge is 0.381 e. The average molecular weight is 208 g/mol. The van der Waals surface area contributed by atoms with Crippen LogP contribution in [0.3, 0.4) is 0 Å². The molecule has 1 aromatic heterocycles. The van der Waals surface area contributed by atoms with Crippen LogP contribution in [0.1, 0.15) is 25.7 Å². The van der Waals surface area contributed by atoms with Gasteiger partial charge in [0, 0.05) is 0 Å². The highest BCUT2D eigenvalue weighted by Gasteiger charge is 2.37. The van der Waals surface area contributed by atoms with Crippen molar-refractivity contribution < 1.29 is 4.74 Å². The van der Waals surface area contributed by atoms with Crippen LogP contribution in [0.2, 0.25) is 0 Å². The fourth-order valence-corrected chi connectivity index (χ4v) is 2.29. The SMILES string of the molecule is Nc1cn(CC2CCC(C3CC3)O2)nn1. The molecule has 0 amide bonds. The third-order valence-corrected chi connectivity index (χ3v) is 3.24. The second kappa shape index (κ2) is 3.48. The minimum Gasteiger partial charge on any atom is -0.381 e. The van der Waals surface area contributed by atoms with E-state index < -0.39 is 0 Å². The van der Waals surface area contributed by atoms with E-state index in [4.69, 9.17) is 10.5 Å². The fraction of sp³-hybridized carbons (Fsp3) is 0.800. The summed E-state index contributed by atoms with van der Waals surface area (Å²) in [5.41, 5.74) is 5.50. The minimum atomic E-state index is 0.302. The van der Waals surface area contributed by atoms with Crippen molar-refractivity contribution in [2.24, 2.45) is 5.92 Å². The predicted molar refractivity (Wildman–Crippen MR) is 55.1 cm³/mol. The molecule has 3 rings (SSSR count). The third-order valence-electron chi connectivity index (χ3n) is 3.24. The van der Waals surface area contributed by atoms with Gasteiger partial charge in [-0.25, -0.2) is 4.68 Å². The molecule has 1 aliphatic carbocycles. The molecule has 0 radical (unpaired) electrons. The lowest BCUT2D eigenvalue weighted by Gasteiger charge is -2.12. The van der Waals surface area contributed by atoms with Gasteiger partial charge in [0.1, 0.15) is 0 Å². The average Bonchev–Trinajstić information content (AvgIpc) is 2.84. The van der Waals surface area contributed by atoms with E-state index in [9.17, 15) is 0 Å². The Morgan fingerprint density at radius 1 is 1.40 bits per heavy atom. The number of anilines is 1. The van der Waals surface area contributed by atoms with E-state index in [-0.39, 0.29) is 0 Å². The monoisotopic (exact) mass is 208 g/mol. The summed E-state index contributed by atoms with van der Waals surface area (Å²) in [5.74, 6) is 1.32. The summed E-state index contributed by atoms with van der Waals surface area (Å²) >= 11 is 0. The molecular formula is C10H16N4O. The van der Waals surface area contributed by atoms with Crippen molar-refractivity contribution in [3.8, 4) is 0 Å². The van der Waals surface area contributed by atoms with Gasteiger partial charge >= 0.3 is 0 Å². The van der Waals surface area contributed by atoms with Gasteiger partial charge in [-0.05, 0) is 31.6 Å². The minimum absolute atomic E-state index is 0.302. The standard InChI is InChI=1S/C10H16N4O/c11-10-6-14(13-12-10)5-8-3-4-9(15-8)7-1-2-7/h6-9H,1-5,11H2. The summed E-state index contributed by atoms with van der Waals surface area (Å²) in [6, 6.07) is 0. The van der Waals surface area contributed by atoms with Gasteiger partial charge in [0.15, 0.2) is 5.82 Å². The molecule has 2 unspecified atom stereocenters. The Morgan fingerprint density at radius 2 is 2.27 bits per heavy atom. The Hall–Kier alpha value is -1.10. The summed E-state index contributed by atoms with van der Waals surface area (Å²) in [6.07, 6.45) is 7.63. The van der Waals surface area contributed by atoms with Crippen LogP contribution in [-0.2, 0) is 11.3 Å². The van der Waals surface area contributed by atoms with Crippen molar-refractivity contribution in [1.82, 2.24) is 15.0 Å². The van der Waals surface area contributed by atoms with Crippen molar-refractivity contribution >= 4 is 5.82 Å². The molecule has 2 fully saturated rings. The number of nitrogens with two attached hydrogens (primary N) is 1. The summed E-state index contributed by atoms with van der Waals surface area (Å²) < 4.78 is 7.74. The van der Waals surface area contributed by atoms with Gasteiger partial charge in [0.25, 0.3) is 0 Å². The third kappa shape index (κ3) is 1.97. The number of hydrogen-bond donors (Lipinski definition) is 1. The first-order valence-electron chi connectivity index (χ1n) is 5.62. The Balaban J connectivity index is 1.56. The van der Waals surface area contributed by atoms with E-state index >= 15 is 0 Å². The first-order valence-corrected chi connectivity index (χ1v) is 5.62. The topological polar surface area (TPSA) is 66.0 Å². The van der Waals surface area contributed by atoms with E-state index in [1.807, 2.05) is 0 Å². The molecule has 1 aromatic rings. The lowest BCUT2D eigenvalue weighted by Crippen LogP contribution is -2.18. The number of nitrogen functional groups attached to an aromatic ring is 1. The van der Waals surface area contributed by atoms with Gasteiger partial charge in [0.2, 0.25) is 0 Å². The van der Waals surface area contributed by atoms with E-state index in [0.29, 0.717) is 18.0 Å². The van der Waals surface area contributed by atoms with Crippen molar-refractivity contribution in [1.29, 1.82) is 0 Å². The number of nitrogens with zero attached hydrogens (tertiary/aromatic N) is 3. The predicted octanol–water partition coefficient (Wildman–Crippen LogP) is 0.818. The van der Waals surface area contributed by atoms with E-state index in [2.05, 4.69) is 10.3 Å². The van der Waals surface area contributed by atoms with Crippen LogP contribution >= 0.6 is 0 Å². The Bertz CT molecular complexity index is 347. The zero-order valence-corrected chi connectivity index (χ0v) is 8.67. The van der Waals surface area contributed by atoms with E-state index in [0.717, 1.165) is 18.9 Å². The zero-order chi connectivity index (χ0) is 10.3. The smallest absolute Gasteiger partial charge is 0.165 e. The Kier molecular flexibility index (Phi) is 2.12. The number of rotatable bonds is 3. The highest BCUT2D eigenvalue weighted by atomic mass is 16.5. The van der Waals surface area contributed by atoms with Crippen LogP contribution in [0.4, 0.5) is 5.82 Å². The molecule has 1 saturated heterocycles. The van der Waals surface area contributed by atoms with Gasteiger partial charge in [-0.3, -0.25) is 0 Å². The van der Waals surface area contributed by atoms with Gasteiger partial charge in [-0.15, -0.1) is 5.10 Å². The molecule has 1 aliphatic heterocycles. The summed E-state index contributed by atoms with van der Waals surface area (Å²) in [4.78, 5) is 0. The van der Waals surface area contributed by atoms with Crippen LogP contribution in [0, 0.1) is 5.92 Å². The molecule has 0 aromatic carbocycles. The molecule has 2 N–H and O–H groups in total. The van der Waals surface area contributed by atoms with Crippen molar-refractivity contribution in [2.75, 3.05) is 5.73 Å². The lowest BCUT2D eigenvalue weighted by atomic mass is 10.1. The maximum atomic E-state index is 5.97. The fourth-order valence-electron chi connectivity index (χ4n) is 2.29. The summed E-state index contributed by atoms with van der Waals surface area (Å²) in [7, 11) is 0. The maximum Gasteiger partial charge on any atom is 0.165 e. The Morgan fingerprint density at radius 3 is 2.93 bits per heavy atom. The number of aromatic nitrogens is 3. The number of ether oxygens (including phenoxy) is 1. The van der Waals surface area contributed by atoms with Crippen LogP contribution in [0.15, 0.2) is 6.20 Å². The molecule has 0 spiro atoms. The number of hydrogen-bond acceptors (Lipinski definition) is 4.